The van der Waals surface area contributed by atoms with Crippen LogP contribution >= 0.6 is 0 Å². The maximum atomic E-state index is 5.08. The van der Waals surface area contributed by atoms with E-state index in [1.54, 1.807) is 0 Å². The Morgan fingerprint density at radius 1 is 0.682 bits per heavy atom. The van der Waals surface area contributed by atoms with Gasteiger partial charge in [-0.05, 0) is 46.8 Å². The van der Waals surface area contributed by atoms with Crippen molar-refractivity contribution >= 4 is 0 Å². The summed E-state index contributed by atoms with van der Waals surface area (Å²) in [7, 11) is 0. The van der Waals surface area contributed by atoms with Crippen LogP contribution in [-0.2, 0) is 58.1 Å². The maximum Gasteiger partial charge on any atom is 0.0400 e. The first-order valence-electron chi connectivity index (χ1n) is 15.1. The molecule has 0 radical (unpaired) electrons. The van der Waals surface area contributed by atoms with Crippen LogP contribution in [0.5, 0.6) is 0 Å². The normalized spacial score (nSPS) is 16.4. The fourth-order valence-corrected chi connectivity index (χ4v) is 5.29. The zero-order valence-corrected chi connectivity index (χ0v) is 29.4. The van der Waals surface area contributed by atoms with Gasteiger partial charge in [-0.3, -0.25) is 4.98 Å². The van der Waals surface area contributed by atoms with Gasteiger partial charge in [-0.1, -0.05) is 78.6 Å². The zero-order chi connectivity index (χ0) is 29.7. The molecule has 234 valence electrons. The van der Waals surface area contributed by atoms with Crippen LogP contribution in [-0.4, -0.2) is 15.0 Å². The Hall–Kier alpha value is -2.92. The number of nitrogens with zero attached hydrogens (tertiary/aromatic N) is 3. The average Bonchev–Trinajstić information content (AvgIpc) is 3.75. The molecule has 1 atom stereocenters. The Morgan fingerprint density at radius 3 is 1.80 bits per heavy atom. The van der Waals surface area contributed by atoms with Gasteiger partial charge in [0.2, 0.25) is 0 Å². The van der Waals surface area contributed by atoms with Crippen molar-refractivity contribution in [3.8, 4) is 22.5 Å². The molecule has 1 saturated carbocycles. The Balaban J connectivity index is 0.000000350. The van der Waals surface area contributed by atoms with E-state index in [9.17, 15) is 0 Å². The summed E-state index contributed by atoms with van der Waals surface area (Å²) in [6, 6.07) is 38.7. The Bertz CT molecular complexity index is 1650. The maximum absolute atomic E-state index is 5.08. The monoisotopic (exact) mass is 762 g/mol. The SMILES string of the molecule is CC1(C)c2[c-]c(ccc2)-c2cccc(n2)[C-]2CC2(C)c2cccc(n2)-c2[c-]c1ccc2.CCC.CCc1ccccn1.[Pd].[Pd]. The van der Waals surface area contributed by atoms with Crippen LogP contribution in [0.4, 0.5) is 0 Å². The molecule has 44 heavy (non-hydrogen) atoms. The molecule has 0 amide bonds. The smallest absolute Gasteiger partial charge is 0.0400 e. The van der Waals surface area contributed by atoms with Crippen molar-refractivity contribution in [3.63, 3.8) is 0 Å². The summed E-state index contributed by atoms with van der Waals surface area (Å²) in [5, 5.41) is 0. The molecule has 0 spiro atoms. The molecule has 1 fully saturated rings. The molecule has 2 aromatic carbocycles. The predicted molar refractivity (Wildman–Crippen MR) is 173 cm³/mol. The van der Waals surface area contributed by atoms with Gasteiger partial charge in [-0.2, -0.15) is 12.0 Å². The molecule has 3 aromatic heterocycles. The molecule has 7 rings (SSSR count). The number of rotatable bonds is 1. The number of aryl methyl sites for hydroxylation is 1. The standard InChI is InChI=1S/C29H23N2.C7H9N.C3H8.2Pd/c1-28(2)21-10-4-8-19(16-21)24-12-6-14-26(30-24)23-18-29(23,3)27-15-7-13-25(31-27)20-9-5-11-22(28)17-20;1-2-7-5-3-4-6-8-7;1-3-2;;/h4-15H,18H2,1-3H3;3-6H,2H2,1H3;3H2,1-2H3;;/q-3;;;;. The van der Waals surface area contributed by atoms with Gasteiger partial charge < -0.3 is 9.97 Å². The van der Waals surface area contributed by atoms with Crippen LogP contribution in [0.3, 0.4) is 0 Å². The van der Waals surface area contributed by atoms with Crippen LogP contribution in [0, 0.1) is 18.1 Å². The summed E-state index contributed by atoms with van der Waals surface area (Å²) in [5.74, 6) is 1.35. The molecular formula is C39H40N3Pd2-3. The second kappa shape index (κ2) is 15.4. The van der Waals surface area contributed by atoms with Crippen LogP contribution in [0.2, 0.25) is 0 Å². The summed E-state index contributed by atoms with van der Waals surface area (Å²) >= 11 is 0. The second-order valence-electron chi connectivity index (χ2n) is 11.8. The van der Waals surface area contributed by atoms with Crippen LogP contribution in [0.1, 0.15) is 82.6 Å². The fourth-order valence-electron chi connectivity index (χ4n) is 5.29. The summed E-state index contributed by atoms with van der Waals surface area (Å²) in [5.41, 5.74) is 9.27. The van der Waals surface area contributed by atoms with E-state index in [0.29, 0.717) is 0 Å². The number of fused-ring (bicyclic) bond motifs is 13. The third-order valence-corrected chi connectivity index (χ3v) is 8.02. The molecule has 2 aliphatic rings. The van der Waals surface area contributed by atoms with Crippen molar-refractivity contribution in [1.82, 2.24) is 15.0 Å². The number of pyridine rings is 3. The van der Waals surface area contributed by atoms with Crippen molar-refractivity contribution in [1.29, 1.82) is 0 Å². The summed E-state index contributed by atoms with van der Waals surface area (Å²) in [4.78, 5) is 14.2. The minimum Gasteiger partial charge on any atom is -0.335 e. The number of aromatic nitrogens is 3. The van der Waals surface area contributed by atoms with Gasteiger partial charge in [0.05, 0.1) is 0 Å². The molecule has 1 unspecified atom stereocenters. The molecule has 1 aliphatic carbocycles. The van der Waals surface area contributed by atoms with E-state index in [0.717, 1.165) is 63.6 Å². The third-order valence-electron chi connectivity index (χ3n) is 8.02. The minimum atomic E-state index is -0.246. The molecule has 5 aromatic rings. The van der Waals surface area contributed by atoms with Gasteiger partial charge in [0.15, 0.2) is 0 Å². The summed E-state index contributed by atoms with van der Waals surface area (Å²) in [6.45, 7) is 13.1. The first-order valence-corrected chi connectivity index (χ1v) is 15.1. The number of hydrogen-bond acceptors (Lipinski definition) is 3. The Labute approximate surface area is 291 Å². The molecule has 5 heteroatoms. The Morgan fingerprint density at radius 2 is 1.25 bits per heavy atom. The molecule has 1 aliphatic heterocycles. The van der Waals surface area contributed by atoms with Gasteiger partial charge in [0.1, 0.15) is 0 Å². The van der Waals surface area contributed by atoms with Crippen LogP contribution in [0.25, 0.3) is 22.5 Å². The van der Waals surface area contributed by atoms with Gasteiger partial charge in [0.25, 0.3) is 0 Å². The van der Waals surface area contributed by atoms with Crippen molar-refractivity contribution in [2.75, 3.05) is 0 Å². The van der Waals surface area contributed by atoms with Gasteiger partial charge >= 0.3 is 0 Å². The van der Waals surface area contributed by atoms with E-state index in [1.165, 1.54) is 12.3 Å². The molecule has 0 N–H and O–H groups in total. The molecule has 8 bridgehead atoms. The van der Waals surface area contributed by atoms with Crippen LogP contribution in [0.15, 0.2) is 97.2 Å². The molecule has 4 heterocycles. The average molecular weight is 764 g/mol. The van der Waals surface area contributed by atoms with Crippen LogP contribution < -0.4 is 0 Å². The minimum absolute atomic E-state index is 0. The number of hydrogen-bond donors (Lipinski definition) is 0. The van der Waals surface area contributed by atoms with E-state index in [4.69, 9.17) is 9.97 Å². The zero-order valence-electron chi connectivity index (χ0n) is 26.3. The van der Waals surface area contributed by atoms with Crippen molar-refractivity contribution < 1.29 is 40.8 Å². The molecule has 0 saturated heterocycles. The third kappa shape index (κ3) is 7.65. The summed E-state index contributed by atoms with van der Waals surface area (Å²) < 4.78 is 0. The van der Waals surface area contributed by atoms with Crippen molar-refractivity contribution in [2.45, 2.75) is 71.6 Å². The molecule has 3 nitrogen and oxygen atoms in total. The Kier molecular flexibility index (Phi) is 12.4. The van der Waals surface area contributed by atoms with Gasteiger partial charge in [0, 0.05) is 58.4 Å². The largest absolute Gasteiger partial charge is 0.335 e. The second-order valence-corrected chi connectivity index (χ2v) is 11.8. The number of benzene rings is 2. The van der Waals surface area contributed by atoms with Gasteiger partial charge in [-0.25, -0.2) is 0 Å². The topological polar surface area (TPSA) is 38.7 Å². The molecular weight excluding hydrogens is 723 g/mol. The quantitative estimate of drug-likeness (QED) is 0.126. The van der Waals surface area contributed by atoms with E-state index >= 15 is 0 Å². The van der Waals surface area contributed by atoms with Gasteiger partial charge in [-0.15, -0.1) is 82.5 Å². The first-order chi connectivity index (χ1) is 20.3. The van der Waals surface area contributed by atoms with E-state index in [2.05, 4.69) is 131 Å². The predicted octanol–water partition coefficient (Wildman–Crippen LogP) is 9.39. The van der Waals surface area contributed by atoms with E-state index < -0.39 is 0 Å². The first kappa shape index (κ1) is 35.6. The van der Waals surface area contributed by atoms with Crippen molar-refractivity contribution in [3.05, 3.63) is 143 Å². The summed E-state index contributed by atoms with van der Waals surface area (Å²) in [6.07, 6.45) is 5.08. The van der Waals surface area contributed by atoms with Crippen molar-refractivity contribution in [2.24, 2.45) is 0 Å². The van der Waals surface area contributed by atoms with E-state index in [-0.39, 0.29) is 51.7 Å². The van der Waals surface area contributed by atoms with E-state index in [1.807, 2.05) is 24.4 Å². The fraction of sp³-hybridized carbons (Fsp3) is 0.282.